The predicted octanol–water partition coefficient (Wildman–Crippen LogP) is 12.2. The van der Waals surface area contributed by atoms with E-state index >= 15 is 0 Å². The highest BCUT2D eigenvalue weighted by atomic mass is 19.2. The number of hydrogen-bond acceptors (Lipinski definition) is 0. The summed E-state index contributed by atoms with van der Waals surface area (Å²) in [5, 5.41) is 0. The molecule has 0 nitrogen and oxygen atoms in total. The van der Waals surface area contributed by atoms with Crippen molar-refractivity contribution in [2.75, 3.05) is 0 Å². The fourth-order valence-corrected chi connectivity index (χ4v) is 8.29. The van der Waals surface area contributed by atoms with Crippen LogP contribution in [0.3, 0.4) is 0 Å². The molecule has 4 saturated carbocycles. The average Bonchev–Trinajstić information content (AvgIpc) is 2.92. The summed E-state index contributed by atoms with van der Waals surface area (Å²) in [5.41, 5.74) is 0.990. The Morgan fingerprint density at radius 2 is 1.03 bits per heavy atom. The van der Waals surface area contributed by atoms with Gasteiger partial charge in [0.25, 0.3) is 0 Å². The van der Waals surface area contributed by atoms with Crippen molar-refractivity contribution < 1.29 is 14.5 Å². The SMILES string of the molecule is C/C=C/C1CCC(C2CCC(C)CC2)CC1.CC1CCC(C2CCC(c3ccc(F)c(F)c3)CC2)CC1.[HH].[HH].[HH].[HH]. The van der Waals surface area contributed by atoms with Gasteiger partial charge in [-0.25, -0.2) is 8.78 Å². The van der Waals surface area contributed by atoms with E-state index in [9.17, 15) is 8.78 Å². The Bertz CT molecular complexity index is 831. The van der Waals surface area contributed by atoms with Crippen molar-refractivity contribution in [2.24, 2.45) is 41.4 Å². The molecule has 0 aromatic heterocycles. The van der Waals surface area contributed by atoms with Gasteiger partial charge >= 0.3 is 0 Å². The van der Waals surface area contributed by atoms with Crippen LogP contribution in [0.1, 0.15) is 141 Å². The molecule has 2 heteroatoms. The van der Waals surface area contributed by atoms with Crippen LogP contribution in [-0.2, 0) is 0 Å². The summed E-state index contributed by atoms with van der Waals surface area (Å²) in [6, 6.07) is 4.45. The molecule has 0 bridgehead atoms. The zero-order valence-corrected chi connectivity index (χ0v) is 24.1. The standard InChI is InChI=1S/C19H26F2.C16H28.4H2/c1-13-2-4-14(5-3-13)15-6-8-16(9-7-15)17-10-11-18(20)19(21)12-17;1-3-4-14-7-11-16(12-8-14)15-9-5-13(2)6-10-15;;;;/h10-16H,2-9H2,1H3;3-4,13-16H,5-12H2,1-2H3;4*1H/b;4-3+;;;;. The number of benzene rings is 1. The lowest BCUT2D eigenvalue weighted by Gasteiger charge is -2.37. The van der Waals surface area contributed by atoms with Crippen LogP contribution in [0.25, 0.3) is 0 Å². The zero-order chi connectivity index (χ0) is 26.2. The van der Waals surface area contributed by atoms with E-state index in [-0.39, 0.29) is 5.71 Å². The van der Waals surface area contributed by atoms with Crippen molar-refractivity contribution in [3.8, 4) is 0 Å². The van der Waals surface area contributed by atoms with Crippen LogP contribution in [0.2, 0.25) is 0 Å². The second kappa shape index (κ2) is 14.3. The molecular weight excluding hydrogens is 458 g/mol. The lowest BCUT2D eigenvalue weighted by molar-refractivity contribution is 0.160. The van der Waals surface area contributed by atoms with Gasteiger partial charge in [0.15, 0.2) is 11.6 Å². The lowest BCUT2D eigenvalue weighted by Crippen LogP contribution is -2.24. The fourth-order valence-electron chi connectivity index (χ4n) is 8.29. The summed E-state index contributed by atoms with van der Waals surface area (Å²) < 4.78 is 26.4. The molecule has 0 amide bonds. The van der Waals surface area contributed by atoms with Gasteiger partial charge in [-0.2, -0.15) is 0 Å². The van der Waals surface area contributed by atoms with Crippen LogP contribution in [0.5, 0.6) is 0 Å². The van der Waals surface area contributed by atoms with Gasteiger partial charge in [-0.3, -0.25) is 0 Å². The van der Waals surface area contributed by atoms with Crippen LogP contribution in [0.15, 0.2) is 30.4 Å². The number of halogens is 2. The summed E-state index contributed by atoms with van der Waals surface area (Å²) in [7, 11) is 0. The molecule has 4 aliphatic rings. The Balaban J connectivity index is 0.000000732. The summed E-state index contributed by atoms with van der Waals surface area (Å²) in [4.78, 5) is 0. The summed E-state index contributed by atoms with van der Waals surface area (Å²) >= 11 is 0. The van der Waals surface area contributed by atoms with Gasteiger partial charge in [-0.15, -0.1) is 0 Å². The third-order valence-corrected chi connectivity index (χ3v) is 10.9. The topological polar surface area (TPSA) is 0 Å². The molecule has 0 heterocycles. The van der Waals surface area contributed by atoms with Crippen molar-refractivity contribution in [1.82, 2.24) is 0 Å². The number of hydrogen-bond donors (Lipinski definition) is 0. The number of allylic oxidation sites excluding steroid dienone is 2. The number of rotatable bonds is 4. The second-order valence-electron chi connectivity index (χ2n) is 13.5. The van der Waals surface area contributed by atoms with E-state index in [1.54, 1.807) is 6.07 Å². The normalized spacial score (nSPS) is 37.1. The first-order valence-corrected chi connectivity index (χ1v) is 16.0. The smallest absolute Gasteiger partial charge is 0.159 e. The van der Waals surface area contributed by atoms with E-state index in [1.165, 1.54) is 102 Å². The second-order valence-corrected chi connectivity index (χ2v) is 13.5. The first kappa shape index (κ1) is 28.8. The van der Waals surface area contributed by atoms with Gasteiger partial charge in [0.1, 0.15) is 0 Å². The highest BCUT2D eigenvalue weighted by Crippen LogP contribution is 2.44. The van der Waals surface area contributed by atoms with Crippen LogP contribution in [0, 0.1) is 53.1 Å². The largest absolute Gasteiger partial charge is 0.204 e. The van der Waals surface area contributed by atoms with Gasteiger partial charge in [0.05, 0.1) is 0 Å². The Morgan fingerprint density at radius 1 is 0.595 bits per heavy atom. The third-order valence-electron chi connectivity index (χ3n) is 10.9. The Morgan fingerprint density at radius 3 is 1.46 bits per heavy atom. The highest BCUT2D eigenvalue weighted by Gasteiger charge is 2.31. The van der Waals surface area contributed by atoms with E-state index in [2.05, 4.69) is 32.9 Å². The average molecular weight is 521 g/mol. The molecule has 0 atom stereocenters. The molecule has 0 unspecified atom stereocenters. The maximum absolute atomic E-state index is 13.4. The third kappa shape index (κ3) is 8.40. The van der Waals surface area contributed by atoms with E-state index < -0.39 is 11.6 Å². The molecule has 216 valence electrons. The van der Waals surface area contributed by atoms with Crippen molar-refractivity contribution in [1.29, 1.82) is 0 Å². The van der Waals surface area contributed by atoms with E-state index in [1.807, 2.05) is 0 Å². The van der Waals surface area contributed by atoms with Crippen molar-refractivity contribution in [3.63, 3.8) is 0 Å². The molecule has 37 heavy (non-hydrogen) atoms. The molecule has 4 aliphatic carbocycles. The lowest BCUT2D eigenvalue weighted by atomic mass is 9.68. The predicted molar refractivity (Wildman–Crippen MR) is 162 cm³/mol. The molecule has 4 fully saturated rings. The minimum atomic E-state index is -0.733. The molecule has 0 N–H and O–H groups in total. The molecule has 0 radical (unpaired) electrons. The molecule has 0 aliphatic heterocycles. The van der Waals surface area contributed by atoms with Crippen LogP contribution in [-0.4, -0.2) is 0 Å². The maximum atomic E-state index is 13.4. The molecule has 5 rings (SSSR count). The van der Waals surface area contributed by atoms with Crippen molar-refractivity contribution >= 4 is 0 Å². The van der Waals surface area contributed by atoms with E-state index in [0.29, 0.717) is 5.92 Å². The van der Waals surface area contributed by atoms with Crippen molar-refractivity contribution in [3.05, 3.63) is 47.5 Å². The molecule has 0 spiro atoms. The van der Waals surface area contributed by atoms with Gasteiger partial charge in [-0.05, 0) is 149 Å². The Hall–Kier alpha value is -1.18. The maximum Gasteiger partial charge on any atom is 0.159 e. The minimum absolute atomic E-state index is 0. The first-order valence-electron chi connectivity index (χ1n) is 16.0. The van der Waals surface area contributed by atoms with Crippen LogP contribution < -0.4 is 0 Å². The molecule has 0 saturated heterocycles. The van der Waals surface area contributed by atoms with Crippen LogP contribution >= 0.6 is 0 Å². The van der Waals surface area contributed by atoms with Gasteiger partial charge in [0.2, 0.25) is 0 Å². The van der Waals surface area contributed by atoms with Crippen LogP contribution in [0.4, 0.5) is 8.78 Å². The first-order chi connectivity index (χ1) is 17.9. The van der Waals surface area contributed by atoms with E-state index in [0.717, 1.165) is 59.8 Å². The van der Waals surface area contributed by atoms with E-state index in [4.69, 9.17) is 0 Å². The zero-order valence-electron chi connectivity index (χ0n) is 24.1. The molecular formula is C35H62F2. The summed E-state index contributed by atoms with van der Waals surface area (Å²) in [6.07, 6.45) is 27.1. The Kier molecular flexibility index (Phi) is 11.1. The van der Waals surface area contributed by atoms with Gasteiger partial charge in [-0.1, -0.05) is 57.7 Å². The molecule has 1 aromatic rings. The van der Waals surface area contributed by atoms with Gasteiger partial charge < -0.3 is 0 Å². The summed E-state index contributed by atoms with van der Waals surface area (Å²) in [5.74, 6) is 5.79. The fraction of sp³-hybridized carbons (Fsp3) is 0.771. The highest BCUT2D eigenvalue weighted by molar-refractivity contribution is 5.22. The van der Waals surface area contributed by atoms with Gasteiger partial charge in [0, 0.05) is 5.71 Å². The quantitative estimate of drug-likeness (QED) is 0.346. The minimum Gasteiger partial charge on any atom is -0.204 e. The summed E-state index contributed by atoms with van der Waals surface area (Å²) in [6.45, 7) is 6.96. The monoisotopic (exact) mass is 520 g/mol. The van der Waals surface area contributed by atoms with Crippen molar-refractivity contribution in [2.45, 2.75) is 129 Å². The molecule has 1 aromatic carbocycles. The Labute approximate surface area is 233 Å².